The van der Waals surface area contributed by atoms with Gasteiger partial charge in [0.1, 0.15) is 17.3 Å². The van der Waals surface area contributed by atoms with Gasteiger partial charge in [0.2, 0.25) is 5.78 Å². The number of carbonyl (C=O) groups is 1. The smallest absolute Gasteiger partial charge is 0.232 e. The Hall–Kier alpha value is -2.53. The molecule has 0 spiro atoms. The number of aromatic hydroxyl groups is 1. The highest BCUT2D eigenvalue weighted by atomic mass is 16.5. The highest BCUT2D eigenvalue weighted by Crippen LogP contribution is 2.40. The Morgan fingerprint density at radius 1 is 1.32 bits per heavy atom. The van der Waals surface area contributed by atoms with Crippen LogP contribution < -0.4 is 4.74 Å². The van der Waals surface area contributed by atoms with Crippen LogP contribution in [0, 0.1) is 0 Å². The number of furan rings is 1. The van der Waals surface area contributed by atoms with E-state index >= 15 is 0 Å². The summed E-state index contributed by atoms with van der Waals surface area (Å²) in [5.74, 6) is 1.25. The van der Waals surface area contributed by atoms with Gasteiger partial charge < -0.3 is 14.3 Å². The number of phenols is 1. The van der Waals surface area contributed by atoms with Crippen molar-refractivity contribution in [3.05, 3.63) is 53.2 Å². The number of carbonyl (C=O) groups excluding carboxylic acids is 1. The molecule has 0 aliphatic carbocycles. The zero-order chi connectivity index (χ0) is 17.4. The lowest BCUT2D eigenvalue weighted by atomic mass is 10.0. The number of nitrogens with zero attached hydrogens (tertiary/aromatic N) is 1. The average Bonchev–Trinajstić information content (AvgIpc) is 3.21. The summed E-state index contributed by atoms with van der Waals surface area (Å²) in [5, 5.41) is 10.4. The summed E-state index contributed by atoms with van der Waals surface area (Å²) < 4.78 is 11.1. The second kappa shape index (κ2) is 6.41. The normalized spacial score (nSPS) is 22.2. The largest absolute Gasteiger partial charge is 0.507 e. The van der Waals surface area contributed by atoms with Crippen LogP contribution in [0.4, 0.5) is 0 Å². The minimum Gasteiger partial charge on any atom is -0.507 e. The molecule has 0 saturated carbocycles. The van der Waals surface area contributed by atoms with E-state index in [1.54, 1.807) is 36.6 Å². The van der Waals surface area contributed by atoms with Crippen molar-refractivity contribution in [2.24, 2.45) is 0 Å². The fraction of sp³-hybridized carbons (Fsp3) is 0.350. The number of benzene rings is 1. The number of hydrogen-bond donors (Lipinski definition) is 1. The SMILES string of the molecule is C[C@H]1CCCCN1Cc1c(O)ccc2c1O/C(=C\c1ccco1)C2=O. The molecule has 5 heteroatoms. The molecule has 2 aliphatic heterocycles. The Morgan fingerprint density at radius 2 is 2.20 bits per heavy atom. The van der Waals surface area contributed by atoms with Gasteiger partial charge in [0.25, 0.3) is 0 Å². The average molecular weight is 339 g/mol. The molecule has 1 N–H and O–H groups in total. The molecular formula is C20H21NO4. The van der Waals surface area contributed by atoms with E-state index < -0.39 is 0 Å². The minimum absolute atomic E-state index is 0.170. The van der Waals surface area contributed by atoms with Crippen molar-refractivity contribution in [2.75, 3.05) is 6.54 Å². The topological polar surface area (TPSA) is 62.9 Å². The van der Waals surface area contributed by atoms with Gasteiger partial charge in [-0.15, -0.1) is 0 Å². The Labute approximate surface area is 146 Å². The summed E-state index contributed by atoms with van der Waals surface area (Å²) in [4.78, 5) is 14.9. The lowest BCUT2D eigenvalue weighted by molar-refractivity contribution is 0.101. The number of ether oxygens (including phenoxy) is 1. The summed E-state index contributed by atoms with van der Waals surface area (Å²) in [6, 6.07) is 7.19. The molecule has 1 aromatic carbocycles. The van der Waals surface area contributed by atoms with Crippen molar-refractivity contribution in [2.45, 2.75) is 38.8 Å². The van der Waals surface area contributed by atoms with Crippen LogP contribution >= 0.6 is 0 Å². The van der Waals surface area contributed by atoms with E-state index in [9.17, 15) is 9.90 Å². The summed E-state index contributed by atoms with van der Waals surface area (Å²) in [6.45, 7) is 3.78. The molecule has 25 heavy (non-hydrogen) atoms. The minimum atomic E-state index is -0.181. The summed E-state index contributed by atoms with van der Waals surface area (Å²) in [7, 11) is 0. The molecule has 0 unspecified atom stereocenters. The van der Waals surface area contributed by atoms with Crippen molar-refractivity contribution < 1.29 is 19.1 Å². The molecule has 130 valence electrons. The summed E-state index contributed by atoms with van der Waals surface area (Å²) >= 11 is 0. The lowest BCUT2D eigenvalue weighted by Gasteiger charge is -2.33. The molecule has 1 fully saturated rings. The maximum Gasteiger partial charge on any atom is 0.232 e. The van der Waals surface area contributed by atoms with Crippen molar-refractivity contribution in [3.63, 3.8) is 0 Å². The first-order chi connectivity index (χ1) is 12.1. The molecule has 5 nitrogen and oxygen atoms in total. The third kappa shape index (κ3) is 2.96. The van der Waals surface area contributed by atoms with Crippen LogP contribution in [-0.2, 0) is 6.54 Å². The maximum absolute atomic E-state index is 12.6. The number of hydrogen-bond acceptors (Lipinski definition) is 5. The Kier molecular flexibility index (Phi) is 4.09. The molecular weight excluding hydrogens is 318 g/mol. The molecule has 1 atom stereocenters. The molecule has 1 aromatic heterocycles. The van der Waals surface area contributed by atoms with E-state index in [1.807, 2.05) is 0 Å². The molecule has 2 aliphatic rings. The van der Waals surface area contributed by atoms with Crippen molar-refractivity contribution in [1.29, 1.82) is 0 Å². The van der Waals surface area contributed by atoms with E-state index in [4.69, 9.17) is 9.15 Å². The first kappa shape index (κ1) is 16.0. The predicted octanol–water partition coefficient (Wildman–Crippen LogP) is 3.98. The fourth-order valence-electron chi connectivity index (χ4n) is 3.55. The highest BCUT2D eigenvalue weighted by Gasteiger charge is 2.32. The second-order valence-electron chi connectivity index (χ2n) is 6.71. The number of Topliss-reactive ketones (excluding diaryl/α,β-unsaturated/α-hetero) is 1. The Morgan fingerprint density at radius 3 is 2.96 bits per heavy atom. The van der Waals surface area contributed by atoms with E-state index in [0.717, 1.165) is 19.4 Å². The zero-order valence-corrected chi connectivity index (χ0v) is 14.2. The van der Waals surface area contributed by atoms with Gasteiger partial charge in [0.05, 0.1) is 17.4 Å². The second-order valence-corrected chi connectivity index (χ2v) is 6.71. The molecule has 0 bridgehead atoms. The van der Waals surface area contributed by atoms with Crippen LogP contribution in [0.2, 0.25) is 0 Å². The van der Waals surface area contributed by atoms with Crippen LogP contribution in [-0.4, -0.2) is 28.4 Å². The number of fused-ring (bicyclic) bond motifs is 1. The number of likely N-dealkylation sites (tertiary alicyclic amines) is 1. The van der Waals surface area contributed by atoms with Crippen molar-refractivity contribution in [3.8, 4) is 11.5 Å². The van der Waals surface area contributed by atoms with Crippen LogP contribution in [0.15, 0.2) is 40.7 Å². The monoisotopic (exact) mass is 339 g/mol. The quantitative estimate of drug-likeness (QED) is 0.857. The third-order valence-electron chi connectivity index (χ3n) is 5.03. The maximum atomic E-state index is 12.6. The Balaban J connectivity index is 1.67. The molecule has 4 rings (SSSR count). The van der Waals surface area contributed by atoms with E-state index in [0.29, 0.717) is 35.2 Å². The standard InChI is InChI=1S/C20H21NO4/c1-13-5-2-3-9-21(13)12-16-17(22)8-7-15-19(23)18(25-20(15)16)11-14-6-4-10-24-14/h4,6-8,10-11,13,22H,2-3,5,9,12H2,1H3/b18-11-/t13-/m0/s1. The van der Waals surface area contributed by atoms with Crippen LogP contribution in [0.3, 0.4) is 0 Å². The van der Waals surface area contributed by atoms with Crippen molar-refractivity contribution >= 4 is 11.9 Å². The van der Waals surface area contributed by atoms with Gasteiger partial charge in [-0.2, -0.15) is 0 Å². The predicted molar refractivity (Wildman–Crippen MR) is 93.5 cm³/mol. The van der Waals surface area contributed by atoms with Gasteiger partial charge in [0, 0.05) is 18.7 Å². The number of phenolic OH excluding ortho intramolecular Hbond substituents is 1. The number of piperidine rings is 1. The van der Waals surface area contributed by atoms with Gasteiger partial charge in [-0.1, -0.05) is 6.42 Å². The van der Waals surface area contributed by atoms with Crippen LogP contribution in [0.1, 0.15) is 47.9 Å². The van der Waals surface area contributed by atoms with Gasteiger partial charge in [0.15, 0.2) is 5.76 Å². The van der Waals surface area contributed by atoms with Crippen molar-refractivity contribution in [1.82, 2.24) is 4.90 Å². The zero-order valence-electron chi connectivity index (χ0n) is 14.2. The number of ketones is 1. The van der Waals surface area contributed by atoms with Crippen LogP contribution in [0.5, 0.6) is 11.5 Å². The van der Waals surface area contributed by atoms with Crippen LogP contribution in [0.25, 0.3) is 6.08 Å². The molecule has 2 aromatic rings. The lowest BCUT2D eigenvalue weighted by Crippen LogP contribution is -2.36. The molecule has 3 heterocycles. The van der Waals surface area contributed by atoms with Gasteiger partial charge in [-0.05, 0) is 50.6 Å². The first-order valence-corrected chi connectivity index (χ1v) is 8.70. The van der Waals surface area contributed by atoms with Gasteiger partial charge in [-0.3, -0.25) is 9.69 Å². The summed E-state index contributed by atoms with van der Waals surface area (Å²) in [6.07, 6.45) is 6.69. The van der Waals surface area contributed by atoms with Gasteiger partial charge >= 0.3 is 0 Å². The number of rotatable bonds is 3. The number of allylic oxidation sites excluding steroid dienone is 1. The summed E-state index contributed by atoms with van der Waals surface area (Å²) in [5.41, 5.74) is 1.18. The van der Waals surface area contributed by atoms with E-state index in [1.165, 1.54) is 6.42 Å². The van der Waals surface area contributed by atoms with E-state index in [2.05, 4.69) is 11.8 Å². The van der Waals surface area contributed by atoms with Gasteiger partial charge in [-0.25, -0.2) is 0 Å². The highest BCUT2D eigenvalue weighted by molar-refractivity contribution is 6.14. The molecule has 0 radical (unpaired) electrons. The molecule has 0 amide bonds. The Bertz CT molecular complexity index is 822. The fourth-order valence-corrected chi connectivity index (χ4v) is 3.55. The first-order valence-electron chi connectivity index (χ1n) is 8.70. The molecule has 1 saturated heterocycles. The third-order valence-corrected chi connectivity index (χ3v) is 5.03. The van der Waals surface area contributed by atoms with E-state index in [-0.39, 0.29) is 17.3 Å².